The average Bonchev–Trinajstić information content (AvgIpc) is 2.98. The fourth-order valence-electron chi connectivity index (χ4n) is 4.34. The lowest BCUT2D eigenvalue weighted by Gasteiger charge is -2.42. The van der Waals surface area contributed by atoms with Gasteiger partial charge in [0.25, 0.3) is 0 Å². The zero-order chi connectivity index (χ0) is 14.5. The molecule has 1 saturated heterocycles. The van der Waals surface area contributed by atoms with Crippen LogP contribution in [0.3, 0.4) is 0 Å². The maximum atomic E-state index is 13.0. The molecule has 2 aliphatic carbocycles. The highest BCUT2D eigenvalue weighted by Gasteiger charge is 2.53. The van der Waals surface area contributed by atoms with Gasteiger partial charge in [0.05, 0.1) is 12.2 Å². The first-order chi connectivity index (χ1) is 9.43. The summed E-state index contributed by atoms with van der Waals surface area (Å²) >= 11 is 0. The van der Waals surface area contributed by atoms with Crippen molar-refractivity contribution in [1.29, 1.82) is 0 Å². The smallest absolute Gasteiger partial charge is 0.241 e. The summed E-state index contributed by atoms with van der Waals surface area (Å²) in [6, 6.07) is 0.0265. The van der Waals surface area contributed by atoms with Crippen LogP contribution in [0.2, 0.25) is 0 Å². The average molecular weight is 278 g/mol. The molecule has 3 rings (SSSR count). The molecule has 0 aromatic carbocycles. The van der Waals surface area contributed by atoms with Crippen LogP contribution in [-0.2, 0) is 4.79 Å². The Morgan fingerprint density at radius 3 is 2.25 bits per heavy atom. The Labute approximate surface area is 123 Å². The molecule has 0 bridgehead atoms. The van der Waals surface area contributed by atoms with Gasteiger partial charge in [-0.05, 0) is 57.3 Å². The van der Waals surface area contributed by atoms with E-state index in [1.165, 1.54) is 38.5 Å². The van der Waals surface area contributed by atoms with Gasteiger partial charge in [0.2, 0.25) is 5.91 Å². The molecule has 0 aromatic rings. The third-order valence-electron chi connectivity index (χ3n) is 5.84. The molecule has 0 radical (unpaired) electrons. The second-order valence-corrected chi connectivity index (χ2v) is 8.01. The summed E-state index contributed by atoms with van der Waals surface area (Å²) in [5.74, 6) is 2.11. The second kappa shape index (κ2) is 5.01. The molecule has 3 fully saturated rings. The number of hydrogen-bond donors (Lipinski definition) is 1. The zero-order valence-corrected chi connectivity index (χ0v) is 13.5. The minimum atomic E-state index is 0.0265. The zero-order valence-electron chi connectivity index (χ0n) is 13.5. The van der Waals surface area contributed by atoms with Crippen LogP contribution >= 0.6 is 0 Å². The van der Waals surface area contributed by atoms with E-state index in [1.807, 2.05) is 0 Å². The van der Waals surface area contributed by atoms with Crippen molar-refractivity contribution in [3.63, 3.8) is 0 Å². The van der Waals surface area contributed by atoms with E-state index >= 15 is 0 Å². The van der Waals surface area contributed by atoms with Gasteiger partial charge in [-0.25, -0.2) is 0 Å². The molecule has 2 atom stereocenters. The molecule has 20 heavy (non-hydrogen) atoms. The highest BCUT2D eigenvalue weighted by Crippen LogP contribution is 2.46. The van der Waals surface area contributed by atoms with Crippen molar-refractivity contribution in [2.45, 2.75) is 84.0 Å². The van der Waals surface area contributed by atoms with Gasteiger partial charge in [-0.1, -0.05) is 26.7 Å². The molecule has 0 spiro atoms. The highest BCUT2D eigenvalue weighted by molar-refractivity contribution is 5.85. The number of nitrogens with one attached hydrogen (secondary N) is 1. The lowest BCUT2D eigenvalue weighted by atomic mass is 9.92. The summed E-state index contributed by atoms with van der Waals surface area (Å²) in [5, 5.41) is 3.70. The van der Waals surface area contributed by atoms with Crippen LogP contribution in [-0.4, -0.2) is 28.6 Å². The predicted octanol–water partition coefficient (Wildman–Crippen LogP) is 3.15. The van der Waals surface area contributed by atoms with Crippen LogP contribution in [0.4, 0.5) is 0 Å². The maximum Gasteiger partial charge on any atom is 0.241 e. The number of rotatable bonds is 4. The fraction of sp³-hybridized carbons (Fsp3) is 0.941. The van der Waals surface area contributed by atoms with E-state index in [2.05, 4.69) is 37.9 Å². The van der Waals surface area contributed by atoms with E-state index in [1.54, 1.807) is 0 Å². The summed E-state index contributed by atoms with van der Waals surface area (Å²) in [6.07, 6.45) is 8.11. The fourth-order valence-corrected chi connectivity index (χ4v) is 4.34. The third-order valence-corrected chi connectivity index (χ3v) is 5.84. The van der Waals surface area contributed by atoms with E-state index in [0.29, 0.717) is 23.7 Å². The van der Waals surface area contributed by atoms with Gasteiger partial charge in [0.15, 0.2) is 0 Å². The Bertz CT molecular complexity index is 380. The molecule has 114 valence electrons. The van der Waals surface area contributed by atoms with E-state index in [-0.39, 0.29) is 17.7 Å². The molecule has 1 aliphatic heterocycles. The molecule has 0 aromatic heterocycles. The van der Waals surface area contributed by atoms with Crippen LogP contribution in [0.1, 0.15) is 66.2 Å². The summed E-state index contributed by atoms with van der Waals surface area (Å²) in [7, 11) is 0. The van der Waals surface area contributed by atoms with Crippen molar-refractivity contribution in [2.24, 2.45) is 17.8 Å². The molecule has 2 saturated carbocycles. The summed E-state index contributed by atoms with van der Waals surface area (Å²) in [4.78, 5) is 15.2. The summed E-state index contributed by atoms with van der Waals surface area (Å²) in [5.41, 5.74) is 0.0288. The summed E-state index contributed by atoms with van der Waals surface area (Å²) in [6.45, 7) is 8.90. The Kier molecular flexibility index (Phi) is 3.60. The van der Waals surface area contributed by atoms with E-state index < -0.39 is 0 Å². The van der Waals surface area contributed by atoms with Crippen LogP contribution in [0.5, 0.6) is 0 Å². The SMILES string of the molecule is CC(C)C1NC(C2CCCC2)N(C(C)(C)C2CC2)C1=O. The predicted molar refractivity (Wildman–Crippen MR) is 81.2 cm³/mol. The molecular weight excluding hydrogens is 248 g/mol. The van der Waals surface area contributed by atoms with Gasteiger partial charge in [-0.15, -0.1) is 0 Å². The standard InChI is InChI=1S/C17H30N2O/c1-11(2)14-16(20)19(17(3,4)13-9-10-13)15(18-14)12-7-5-6-8-12/h11-15,18H,5-10H2,1-4H3. The quantitative estimate of drug-likeness (QED) is 0.857. The first-order valence-electron chi connectivity index (χ1n) is 8.52. The van der Waals surface area contributed by atoms with Crippen molar-refractivity contribution < 1.29 is 4.79 Å². The molecule has 1 amide bonds. The van der Waals surface area contributed by atoms with Gasteiger partial charge >= 0.3 is 0 Å². The Balaban J connectivity index is 1.87. The van der Waals surface area contributed by atoms with Gasteiger partial charge in [-0.2, -0.15) is 0 Å². The van der Waals surface area contributed by atoms with E-state index in [4.69, 9.17) is 0 Å². The number of carbonyl (C=O) groups is 1. The number of nitrogens with zero attached hydrogens (tertiary/aromatic N) is 1. The van der Waals surface area contributed by atoms with Crippen LogP contribution in [0, 0.1) is 17.8 Å². The minimum Gasteiger partial charge on any atom is -0.320 e. The number of amides is 1. The molecule has 1 N–H and O–H groups in total. The van der Waals surface area contributed by atoms with Crippen molar-refractivity contribution in [2.75, 3.05) is 0 Å². The first kappa shape index (κ1) is 14.4. The van der Waals surface area contributed by atoms with Gasteiger partial charge < -0.3 is 4.90 Å². The van der Waals surface area contributed by atoms with E-state index in [9.17, 15) is 4.79 Å². The van der Waals surface area contributed by atoms with E-state index in [0.717, 1.165) is 0 Å². The Morgan fingerprint density at radius 1 is 1.15 bits per heavy atom. The van der Waals surface area contributed by atoms with Crippen molar-refractivity contribution >= 4 is 5.91 Å². The third kappa shape index (κ3) is 2.28. The Hall–Kier alpha value is -0.570. The normalized spacial score (nSPS) is 32.6. The summed E-state index contributed by atoms with van der Waals surface area (Å²) < 4.78 is 0. The topological polar surface area (TPSA) is 32.3 Å². The van der Waals surface area contributed by atoms with Crippen molar-refractivity contribution in [3.8, 4) is 0 Å². The van der Waals surface area contributed by atoms with Gasteiger partial charge in [-0.3, -0.25) is 10.1 Å². The first-order valence-corrected chi connectivity index (χ1v) is 8.52. The van der Waals surface area contributed by atoms with Gasteiger partial charge in [0.1, 0.15) is 0 Å². The molecule has 3 heteroatoms. The van der Waals surface area contributed by atoms with Crippen LogP contribution in [0.15, 0.2) is 0 Å². The lowest BCUT2D eigenvalue weighted by molar-refractivity contribution is -0.137. The largest absolute Gasteiger partial charge is 0.320 e. The molecule has 1 heterocycles. The van der Waals surface area contributed by atoms with Crippen LogP contribution < -0.4 is 5.32 Å². The van der Waals surface area contributed by atoms with Crippen molar-refractivity contribution in [1.82, 2.24) is 10.2 Å². The molecular formula is C17H30N2O. The molecule has 2 unspecified atom stereocenters. The van der Waals surface area contributed by atoms with Crippen molar-refractivity contribution in [3.05, 3.63) is 0 Å². The molecule has 3 nitrogen and oxygen atoms in total. The number of carbonyl (C=O) groups excluding carboxylic acids is 1. The highest BCUT2D eigenvalue weighted by atomic mass is 16.2. The minimum absolute atomic E-state index is 0.0265. The van der Waals surface area contributed by atoms with Crippen LogP contribution in [0.25, 0.3) is 0 Å². The maximum absolute atomic E-state index is 13.0. The Morgan fingerprint density at radius 2 is 1.75 bits per heavy atom. The number of hydrogen-bond acceptors (Lipinski definition) is 2. The monoisotopic (exact) mass is 278 g/mol. The second-order valence-electron chi connectivity index (χ2n) is 8.01. The van der Waals surface area contributed by atoms with Gasteiger partial charge in [0, 0.05) is 5.54 Å². The molecule has 3 aliphatic rings. The lowest BCUT2D eigenvalue weighted by Crippen LogP contribution is -2.54.